The lowest BCUT2D eigenvalue weighted by molar-refractivity contribution is -0.145. The Morgan fingerprint density at radius 1 is 0.955 bits per heavy atom. The average Bonchev–Trinajstić information content (AvgIpc) is 2.56. The fourth-order valence-electron chi connectivity index (χ4n) is 2.23. The van der Waals surface area contributed by atoms with Gasteiger partial charge in [0, 0.05) is 0 Å². The Kier molecular flexibility index (Phi) is 6.01. The van der Waals surface area contributed by atoms with E-state index in [1.807, 2.05) is 68.4 Å². The largest absolute Gasteiger partial charge is 0.465 e. The van der Waals surface area contributed by atoms with Crippen LogP contribution in [0.5, 0.6) is 11.5 Å². The van der Waals surface area contributed by atoms with E-state index in [0.717, 1.165) is 29.9 Å². The van der Waals surface area contributed by atoms with Gasteiger partial charge in [-0.25, -0.2) is 0 Å². The van der Waals surface area contributed by atoms with Crippen molar-refractivity contribution in [3.63, 3.8) is 0 Å². The Labute approximate surface area is 131 Å². The summed E-state index contributed by atoms with van der Waals surface area (Å²) in [7, 11) is 0. The molecule has 0 amide bonds. The molecule has 0 fully saturated rings. The van der Waals surface area contributed by atoms with Gasteiger partial charge in [-0.15, -0.1) is 0 Å². The van der Waals surface area contributed by atoms with Crippen LogP contribution >= 0.6 is 0 Å². The highest BCUT2D eigenvalue weighted by Gasteiger charge is 2.20. The summed E-state index contributed by atoms with van der Waals surface area (Å²) in [6, 6.07) is 17.3. The van der Waals surface area contributed by atoms with E-state index in [4.69, 9.17) is 9.47 Å². The van der Waals surface area contributed by atoms with Gasteiger partial charge < -0.3 is 9.47 Å². The molecule has 0 radical (unpaired) electrons. The summed E-state index contributed by atoms with van der Waals surface area (Å²) in [5.41, 5.74) is 0.962. The Morgan fingerprint density at radius 2 is 1.59 bits per heavy atom. The second-order valence-corrected chi connectivity index (χ2v) is 5.11. The first-order valence-corrected chi connectivity index (χ1v) is 7.74. The topological polar surface area (TPSA) is 35.5 Å². The molecule has 2 aromatic rings. The molecule has 0 saturated heterocycles. The highest BCUT2D eigenvalue weighted by Crippen LogP contribution is 2.26. The van der Waals surface area contributed by atoms with Gasteiger partial charge in [0.05, 0.1) is 12.5 Å². The van der Waals surface area contributed by atoms with Gasteiger partial charge in [0.25, 0.3) is 0 Å². The number of ether oxygens (including phenoxy) is 2. The average molecular weight is 298 g/mol. The summed E-state index contributed by atoms with van der Waals surface area (Å²) in [4.78, 5) is 12.1. The van der Waals surface area contributed by atoms with Crippen LogP contribution in [-0.4, -0.2) is 12.6 Å². The molecule has 116 valence electrons. The SMILES string of the molecule is CCCOC(=O)C(CC)c1ccc(Oc2ccccc2)cc1. The normalized spacial score (nSPS) is 11.7. The van der Waals surface area contributed by atoms with Crippen LogP contribution in [0, 0.1) is 0 Å². The molecule has 0 heterocycles. The first-order chi connectivity index (χ1) is 10.7. The molecule has 22 heavy (non-hydrogen) atoms. The quantitative estimate of drug-likeness (QED) is 0.680. The molecule has 0 aliphatic heterocycles. The van der Waals surface area contributed by atoms with Gasteiger partial charge in [-0.05, 0) is 42.7 Å². The zero-order valence-corrected chi connectivity index (χ0v) is 13.1. The summed E-state index contributed by atoms with van der Waals surface area (Å²) < 4.78 is 11.0. The maximum Gasteiger partial charge on any atom is 0.313 e. The molecule has 3 heteroatoms. The monoisotopic (exact) mass is 298 g/mol. The fourth-order valence-corrected chi connectivity index (χ4v) is 2.23. The zero-order chi connectivity index (χ0) is 15.8. The summed E-state index contributed by atoms with van der Waals surface area (Å²) in [5.74, 6) is 1.19. The first-order valence-electron chi connectivity index (χ1n) is 7.74. The summed E-state index contributed by atoms with van der Waals surface area (Å²) in [6.45, 7) is 4.46. The molecule has 2 aromatic carbocycles. The van der Waals surface area contributed by atoms with Gasteiger partial charge in [-0.2, -0.15) is 0 Å². The van der Waals surface area contributed by atoms with E-state index in [-0.39, 0.29) is 11.9 Å². The van der Waals surface area contributed by atoms with E-state index < -0.39 is 0 Å². The van der Waals surface area contributed by atoms with Crippen molar-refractivity contribution in [3.8, 4) is 11.5 Å². The number of benzene rings is 2. The Balaban J connectivity index is 2.05. The summed E-state index contributed by atoms with van der Waals surface area (Å²) >= 11 is 0. The number of hydrogen-bond acceptors (Lipinski definition) is 3. The Morgan fingerprint density at radius 3 is 2.18 bits per heavy atom. The highest BCUT2D eigenvalue weighted by atomic mass is 16.5. The molecule has 0 saturated carbocycles. The Bertz CT molecular complexity index is 575. The molecule has 0 N–H and O–H groups in total. The lowest BCUT2D eigenvalue weighted by Crippen LogP contribution is -2.15. The molecule has 1 unspecified atom stereocenters. The lowest BCUT2D eigenvalue weighted by atomic mass is 9.96. The Hall–Kier alpha value is -2.29. The van der Waals surface area contributed by atoms with Gasteiger partial charge >= 0.3 is 5.97 Å². The predicted molar refractivity (Wildman–Crippen MR) is 87.2 cm³/mol. The lowest BCUT2D eigenvalue weighted by Gasteiger charge is -2.15. The van der Waals surface area contributed by atoms with Crippen LogP contribution in [0.3, 0.4) is 0 Å². The van der Waals surface area contributed by atoms with Crippen LogP contribution in [0.2, 0.25) is 0 Å². The number of esters is 1. The van der Waals surface area contributed by atoms with E-state index in [1.165, 1.54) is 0 Å². The molecular weight excluding hydrogens is 276 g/mol. The molecule has 0 aliphatic carbocycles. The van der Waals surface area contributed by atoms with E-state index in [2.05, 4.69) is 0 Å². The number of carbonyl (C=O) groups excluding carboxylic acids is 1. The summed E-state index contributed by atoms with van der Waals surface area (Å²) in [6.07, 6.45) is 1.56. The first kappa shape index (κ1) is 16.1. The third kappa shape index (κ3) is 4.35. The minimum atomic E-state index is -0.211. The number of carbonyl (C=O) groups is 1. The zero-order valence-electron chi connectivity index (χ0n) is 13.1. The van der Waals surface area contributed by atoms with Gasteiger partial charge in [-0.1, -0.05) is 44.2 Å². The van der Waals surface area contributed by atoms with Crippen LogP contribution in [0.1, 0.15) is 38.2 Å². The third-order valence-electron chi connectivity index (χ3n) is 3.40. The molecule has 3 nitrogen and oxygen atoms in total. The van der Waals surface area contributed by atoms with Crippen molar-refractivity contribution < 1.29 is 14.3 Å². The minimum absolute atomic E-state index is 0.152. The molecule has 0 bridgehead atoms. The second kappa shape index (κ2) is 8.23. The van der Waals surface area contributed by atoms with Crippen LogP contribution in [0.25, 0.3) is 0 Å². The standard InChI is InChI=1S/C19H22O3/c1-3-14-21-19(20)18(4-2)15-10-12-17(13-11-15)22-16-8-6-5-7-9-16/h5-13,18H,3-4,14H2,1-2H3. The maximum atomic E-state index is 12.1. The fraction of sp³-hybridized carbons (Fsp3) is 0.316. The molecular formula is C19H22O3. The van der Waals surface area contributed by atoms with Crippen LogP contribution in [0.15, 0.2) is 54.6 Å². The molecule has 0 aromatic heterocycles. The molecule has 0 spiro atoms. The van der Waals surface area contributed by atoms with E-state index >= 15 is 0 Å². The third-order valence-corrected chi connectivity index (χ3v) is 3.40. The number of para-hydroxylation sites is 1. The van der Waals surface area contributed by atoms with Gasteiger partial charge in [0.15, 0.2) is 0 Å². The van der Waals surface area contributed by atoms with Crippen molar-refractivity contribution >= 4 is 5.97 Å². The van der Waals surface area contributed by atoms with Crippen molar-refractivity contribution in [2.45, 2.75) is 32.6 Å². The van der Waals surface area contributed by atoms with Crippen LogP contribution in [-0.2, 0) is 9.53 Å². The van der Waals surface area contributed by atoms with Gasteiger partial charge in [0.2, 0.25) is 0 Å². The van der Waals surface area contributed by atoms with Crippen LogP contribution < -0.4 is 4.74 Å². The van der Waals surface area contributed by atoms with Crippen molar-refractivity contribution in [2.75, 3.05) is 6.61 Å². The van der Waals surface area contributed by atoms with Crippen molar-refractivity contribution in [1.82, 2.24) is 0 Å². The van der Waals surface area contributed by atoms with Crippen molar-refractivity contribution in [1.29, 1.82) is 0 Å². The molecule has 1 atom stereocenters. The smallest absolute Gasteiger partial charge is 0.313 e. The maximum absolute atomic E-state index is 12.1. The van der Waals surface area contributed by atoms with Gasteiger partial charge in [-0.3, -0.25) is 4.79 Å². The van der Waals surface area contributed by atoms with E-state index in [1.54, 1.807) is 0 Å². The number of rotatable bonds is 7. The number of hydrogen-bond donors (Lipinski definition) is 0. The molecule has 2 rings (SSSR count). The minimum Gasteiger partial charge on any atom is -0.465 e. The van der Waals surface area contributed by atoms with Crippen molar-refractivity contribution in [2.24, 2.45) is 0 Å². The van der Waals surface area contributed by atoms with Crippen LogP contribution in [0.4, 0.5) is 0 Å². The second-order valence-electron chi connectivity index (χ2n) is 5.11. The summed E-state index contributed by atoms with van der Waals surface area (Å²) in [5, 5.41) is 0. The van der Waals surface area contributed by atoms with E-state index in [0.29, 0.717) is 6.61 Å². The van der Waals surface area contributed by atoms with Crippen molar-refractivity contribution in [3.05, 3.63) is 60.2 Å². The molecule has 0 aliphatic rings. The predicted octanol–water partition coefficient (Wildman–Crippen LogP) is 4.93. The van der Waals surface area contributed by atoms with Gasteiger partial charge in [0.1, 0.15) is 11.5 Å². The van der Waals surface area contributed by atoms with E-state index in [9.17, 15) is 4.79 Å². The highest BCUT2D eigenvalue weighted by molar-refractivity contribution is 5.78.